The molecule has 1 N–H and O–H groups in total. The molecule has 0 aliphatic carbocycles. The lowest BCUT2D eigenvalue weighted by Crippen LogP contribution is -2.30. The predicted molar refractivity (Wildman–Crippen MR) is 130 cm³/mol. The van der Waals surface area contributed by atoms with Crippen LogP contribution < -0.4 is 5.32 Å². The molecular weight excluding hydrogens is 438 g/mol. The van der Waals surface area contributed by atoms with E-state index in [0.29, 0.717) is 17.8 Å². The molecule has 2 heterocycles. The molecule has 3 aromatic rings. The van der Waals surface area contributed by atoms with E-state index in [4.69, 9.17) is 4.74 Å². The van der Waals surface area contributed by atoms with Crippen LogP contribution in [0.5, 0.6) is 0 Å². The number of anilines is 1. The zero-order valence-corrected chi connectivity index (χ0v) is 19.4. The standard InChI is InChI=1S/C25H27N3O4S/c1-2-32-25(31)18-9-3-5-11-20(18)26-23(29)17-33-22-15-28(21-12-6-4-10-19(21)22)16-24(30)27-13-7-8-14-27/h3-6,9-12,15H,2,7-8,13-14,16-17H2,1H3,(H,26,29). The summed E-state index contributed by atoms with van der Waals surface area (Å²) in [4.78, 5) is 40.3. The number of ether oxygens (including phenoxy) is 1. The minimum absolute atomic E-state index is 0.123. The highest BCUT2D eigenvalue weighted by molar-refractivity contribution is 8.00. The maximum atomic E-state index is 12.7. The monoisotopic (exact) mass is 465 g/mol. The SMILES string of the molecule is CCOC(=O)c1ccccc1NC(=O)CSc1cn(CC(=O)N2CCCC2)c2ccccc12. The normalized spacial score (nSPS) is 13.3. The lowest BCUT2D eigenvalue weighted by atomic mass is 10.2. The molecule has 1 aromatic heterocycles. The van der Waals surface area contributed by atoms with Crippen LogP contribution >= 0.6 is 11.8 Å². The summed E-state index contributed by atoms with van der Waals surface area (Å²) < 4.78 is 7.03. The smallest absolute Gasteiger partial charge is 0.340 e. The fourth-order valence-corrected chi connectivity index (χ4v) is 4.87. The van der Waals surface area contributed by atoms with Gasteiger partial charge in [0.25, 0.3) is 0 Å². The number of benzene rings is 2. The van der Waals surface area contributed by atoms with Crippen molar-refractivity contribution >= 4 is 46.1 Å². The molecule has 4 rings (SSSR count). The van der Waals surface area contributed by atoms with E-state index in [1.54, 1.807) is 31.2 Å². The van der Waals surface area contributed by atoms with Gasteiger partial charge in [0.15, 0.2) is 0 Å². The van der Waals surface area contributed by atoms with Gasteiger partial charge in [-0.3, -0.25) is 9.59 Å². The highest BCUT2D eigenvalue weighted by Crippen LogP contribution is 2.30. The molecule has 2 amide bonds. The second-order valence-corrected chi connectivity index (χ2v) is 8.85. The number of fused-ring (bicyclic) bond motifs is 1. The summed E-state index contributed by atoms with van der Waals surface area (Å²) in [5, 5.41) is 3.83. The number of likely N-dealkylation sites (tertiary alicyclic amines) is 1. The minimum Gasteiger partial charge on any atom is -0.462 e. The van der Waals surface area contributed by atoms with Gasteiger partial charge in [0.1, 0.15) is 6.54 Å². The lowest BCUT2D eigenvalue weighted by molar-refractivity contribution is -0.130. The van der Waals surface area contributed by atoms with Gasteiger partial charge in [-0.25, -0.2) is 4.79 Å². The van der Waals surface area contributed by atoms with Gasteiger partial charge in [0, 0.05) is 35.1 Å². The summed E-state index contributed by atoms with van der Waals surface area (Å²) in [6.07, 6.45) is 4.07. The van der Waals surface area contributed by atoms with E-state index in [1.165, 1.54) is 11.8 Å². The molecule has 8 heteroatoms. The van der Waals surface area contributed by atoms with Crippen LogP contribution in [0, 0.1) is 0 Å². The Hall–Kier alpha value is -3.26. The summed E-state index contributed by atoms with van der Waals surface area (Å²) >= 11 is 1.41. The van der Waals surface area contributed by atoms with Crippen LogP contribution in [0.2, 0.25) is 0 Å². The number of thioether (sulfide) groups is 1. The fraction of sp³-hybridized carbons (Fsp3) is 0.320. The third-order valence-electron chi connectivity index (χ3n) is 5.57. The van der Waals surface area contributed by atoms with Crippen LogP contribution in [-0.2, 0) is 20.9 Å². The van der Waals surface area contributed by atoms with Crippen molar-refractivity contribution in [1.82, 2.24) is 9.47 Å². The molecule has 0 radical (unpaired) electrons. The quantitative estimate of drug-likeness (QED) is 0.399. The Morgan fingerprint density at radius 2 is 1.76 bits per heavy atom. The fourth-order valence-electron chi connectivity index (χ4n) is 3.98. The zero-order chi connectivity index (χ0) is 23.2. The number of esters is 1. The van der Waals surface area contributed by atoms with Crippen LogP contribution in [0.15, 0.2) is 59.6 Å². The molecule has 0 saturated carbocycles. The highest BCUT2D eigenvalue weighted by Gasteiger charge is 2.20. The van der Waals surface area contributed by atoms with Gasteiger partial charge >= 0.3 is 5.97 Å². The lowest BCUT2D eigenvalue weighted by Gasteiger charge is -2.15. The molecule has 33 heavy (non-hydrogen) atoms. The van der Waals surface area contributed by atoms with Gasteiger partial charge in [0.2, 0.25) is 11.8 Å². The third kappa shape index (κ3) is 5.39. The van der Waals surface area contributed by atoms with Crippen molar-refractivity contribution in [2.75, 3.05) is 30.8 Å². The Bertz CT molecular complexity index is 1170. The van der Waals surface area contributed by atoms with Crippen molar-refractivity contribution in [3.05, 3.63) is 60.3 Å². The number of hydrogen-bond acceptors (Lipinski definition) is 5. The van der Waals surface area contributed by atoms with Crippen molar-refractivity contribution in [3.63, 3.8) is 0 Å². The number of carbonyl (C=O) groups is 3. The zero-order valence-electron chi connectivity index (χ0n) is 18.6. The number of aromatic nitrogens is 1. The minimum atomic E-state index is -0.466. The molecule has 7 nitrogen and oxygen atoms in total. The molecule has 0 spiro atoms. The van der Waals surface area contributed by atoms with E-state index in [-0.39, 0.29) is 24.2 Å². The first kappa shape index (κ1) is 22.9. The summed E-state index contributed by atoms with van der Waals surface area (Å²) in [6, 6.07) is 14.7. The van der Waals surface area contributed by atoms with Gasteiger partial charge in [-0.15, -0.1) is 11.8 Å². The van der Waals surface area contributed by atoms with Gasteiger partial charge < -0.3 is 19.5 Å². The summed E-state index contributed by atoms with van der Waals surface area (Å²) in [5.41, 5.74) is 1.73. The Kier molecular flexibility index (Phi) is 7.34. The molecule has 172 valence electrons. The van der Waals surface area contributed by atoms with E-state index < -0.39 is 5.97 Å². The van der Waals surface area contributed by atoms with Crippen LogP contribution in [0.1, 0.15) is 30.1 Å². The van der Waals surface area contributed by atoms with Crippen molar-refractivity contribution in [3.8, 4) is 0 Å². The van der Waals surface area contributed by atoms with Crippen molar-refractivity contribution in [2.45, 2.75) is 31.2 Å². The topological polar surface area (TPSA) is 80.6 Å². The first-order valence-corrected chi connectivity index (χ1v) is 12.1. The Morgan fingerprint density at radius 3 is 2.55 bits per heavy atom. The molecule has 0 atom stereocenters. The number of amides is 2. The number of nitrogens with one attached hydrogen (secondary N) is 1. The second-order valence-electron chi connectivity index (χ2n) is 7.83. The van der Waals surface area contributed by atoms with E-state index in [9.17, 15) is 14.4 Å². The van der Waals surface area contributed by atoms with E-state index >= 15 is 0 Å². The maximum absolute atomic E-state index is 12.7. The van der Waals surface area contributed by atoms with E-state index in [1.807, 2.05) is 39.9 Å². The molecule has 0 bridgehead atoms. The van der Waals surface area contributed by atoms with E-state index in [2.05, 4.69) is 5.32 Å². The average molecular weight is 466 g/mol. The van der Waals surface area contributed by atoms with Gasteiger partial charge in [0.05, 0.1) is 23.6 Å². The predicted octanol–water partition coefficient (Wildman–Crippen LogP) is 4.17. The molecule has 2 aromatic carbocycles. The maximum Gasteiger partial charge on any atom is 0.340 e. The van der Waals surface area contributed by atoms with Crippen LogP contribution in [0.4, 0.5) is 5.69 Å². The molecule has 1 aliphatic heterocycles. The third-order valence-corrected chi connectivity index (χ3v) is 6.61. The first-order valence-electron chi connectivity index (χ1n) is 11.1. The molecule has 1 saturated heterocycles. The molecule has 1 aliphatic rings. The average Bonchev–Trinajstić information content (AvgIpc) is 3.47. The van der Waals surface area contributed by atoms with Crippen LogP contribution in [0.25, 0.3) is 10.9 Å². The molecule has 1 fully saturated rings. The van der Waals surface area contributed by atoms with Crippen molar-refractivity contribution in [1.29, 1.82) is 0 Å². The summed E-state index contributed by atoms with van der Waals surface area (Å²) in [6.45, 7) is 3.95. The Labute approximate surface area is 197 Å². The summed E-state index contributed by atoms with van der Waals surface area (Å²) in [7, 11) is 0. The number of rotatable bonds is 8. The van der Waals surface area contributed by atoms with Crippen molar-refractivity contribution < 1.29 is 19.1 Å². The number of carbonyl (C=O) groups excluding carboxylic acids is 3. The largest absolute Gasteiger partial charge is 0.462 e. The van der Waals surface area contributed by atoms with Gasteiger partial charge in [-0.2, -0.15) is 0 Å². The Morgan fingerprint density at radius 1 is 1.03 bits per heavy atom. The molecule has 0 unspecified atom stereocenters. The van der Waals surface area contributed by atoms with E-state index in [0.717, 1.165) is 41.7 Å². The first-order chi connectivity index (χ1) is 16.1. The number of para-hydroxylation sites is 2. The number of nitrogens with zero attached hydrogens (tertiary/aromatic N) is 2. The Balaban J connectivity index is 1.45. The van der Waals surface area contributed by atoms with Gasteiger partial charge in [-0.05, 0) is 38.0 Å². The molecular formula is C25H27N3O4S. The van der Waals surface area contributed by atoms with Crippen LogP contribution in [-0.4, -0.2) is 52.7 Å². The summed E-state index contributed by atoms with van der Waals surface area (Å²) in [5.74, 6) is -0.391. The van der Waals surface area contributed by atoms with Crippen molar-refractivity contribution in [2.24, 2.45) is 0 Å². The van der Waals surface area contributed by atoms with Crippen LogP contribution in [0.3, 0.4) is 0 Å². The second kappa shape index (κ2) is 10.6. The highest BCUT2D eigenvalue weighted by atomic mass is 32.2. The van der Waals surface area contributed by atoms with Gasteiger partial charge in [-0.1, -0.05) is 30.3 Å². The number of hydrogen-bond donors (Lipinski definition) is 1.